The van der Waals surface area contributed by atoms with E-state index in [1.807, 2.05) is 18.2 Å². The first-order valence-electron chi connectivity index (χ1n) is 9.57. The Balaban J connectivity index is 1.74. The molecule has 1 aliphatic carbocycles. The van der Waals surface area contributed by atoms with E-state index in [1.54, 1.807) is 24.3 Å². The highest BCUT2D eigenvalue weighted by Gasteiger charge is 2.31. The monoisotopic (exact) mass is 445 g/mol. The molecule has 2 aromatic rings. The number of amides is 3. The van der Waals surface area contributed by atoms with Crippen molar-refractivity contribution in [2.24, 2.45) is 5.73 Å². The molecule has 0 radical (unpaired) electrons. The van der Waals surface area contributed by atoms with Crippen LogP contribution in [0.15, 0.2) is 72.3 Å². The second-order valence-corrected chi connectivity index (χ2v) is 6.95. The first-order chi connectivity index (χ1) is 15.1. The lowest BCUT2D eigenvalue weighted by Crippen LogP contribution is -2.20. The number of rotatable bonds is 5. The molecule has 0 unspecified atom stereocenters. The standard InChI is InChI=1S/C23H19F4N3O2/c24-19-11-8-16(23(25,26)27)12-20(19)30-22(32)29-17-9-6-15(7-10-17)18(13-21(28)31)14-4-2-1-3-5-14/h2,4-13H,1,3H2,(H2,28,31)(H2,29,30,32)/b18-13-. The van der Waals surface area contributed by atoms with Crippen LogP contribution in [-0.4, -0.2) is 11.9 Å². The van der Waals surface area contributed by atoms with Gasteiger partial charge < -0.3 is 16.4 Å². The molecule has 0 fully saturated rings. The minimum absolute atomic E-state index is 0.310. The molecule has 0 atom stereocenters. The molecule has 3 rings (SSSR count). The van der Waals surface area contributed by atoms with E-state index in [4.69, 9.17) is 5.73 Å². The molecule has 1 aliphatic rings. The van der Waals surface area contributed by atoms with E-state index < -0.39 is 35.2 Å². The minimum atomic E-state index is -4.67. The Morgan fingerprint density at radius 1 is 1.00 bits per heavy atom. The first kappa shape index (κ1) is 22.8. The fourth-order valence-electron chi connectivity index (χ4n) is 3.10. The number of nitrogens with two attached hydrogens (primary N) is 1. The summed E-state index contributed by atoms with van der Waals surface area (Å²) in [5.74, 6) is -1.61. The van der Waals surface area contributed by atoms with E-state index in [0.717, 1.165) is 18.4 Å². The Morgan fingerprint density at radius 2 is 1.72 bits per heavy atom. The van der Waals surface area contributed by atoms with Crippen LogP contribution < -0.4 is 16.4 Å². The number of nitrogens with one attached hydrogen (secondary N) is 2. The maximum atomic E-state index is 13.8. The molecular weight excluding hydrogens is 426 g/mol. The van der Waals surface area contributed by atoms with Gasteiger partial charge in [-0.1, -0.05) is 30.4 Å². The van der Waals surface area contributed by atoms with Crippen molar-refractivity contribution in [3.63, 3.8) is 0 Å². The van der Waals surface area contributed by atoms with Crippen LogP contribution in [0.3, 0.4) is 0 Å². The van der Waals surface area contributed by atoms with E-state index in [2.05, 4.69) is 10.6 Å². The topological polar surface area (TPSA) is 84.2 Å². The SMILES string of the molecule is NC(=O)/C=C(/C1=CCCC=C1)c1ccc(NC(=O)Nc2cc(C(F)(F)F)ccc2F)cc1. The average Bonchev–Trinajstić information content (AvgIpc) is 2.74. The average molecular weight is 445 g/mol. The van der Waals surface area contributed by atoms with E-state index in [0.29, 0.717) is 35.0 Å². The molecule has 5 nitrogen and oxygen atoms in total. The Labute approximate surface area is 181 Å². The summed E-state index contributed by atoms with van der Waals surface area (Å²) in [6, 6.07) is 7.21. The maximum Gasteiger partial charge on any atom is 0.416 e. The van der Waals surface area contributed by atoms with Crippen LogP contribution in [0.1, 0.15) is 24.0 Å². The molecule has 0 bridgehead atoms. The third-order valence-electron chi connectivity index (χ3n) is 4.59. The summed E-state index contributed by atoms with van der Waals surface area (Å²) in [5.41, 5.74) is 6.09. The summed E-state index contributed by atoms with van der Waals surface area (Å²) >= 11 is 0. The van der Waals surface area contributed by atoms with Crippen LogP contribution >= 0.6 is 0 Å². The number of primary amides is 1. The molecular formula is C23H19F4N3O2. The van der Waals surface area contributed by atoms with Gasteiger partial charge in [-0.3, -0.25) is 4.79 Å². The second kappa shape index (κ2) is 9.51. The van der Waals surface area contributed by atoms with Gasteiger partial charge in [0, 0.05) is 11.8 Å². The molecule has 4 N–H and O–H groups in total. The Kier molecular flexibility index (Phi) is 6.77. The largest absolute Gasteiger partial charge is 0.416 e. The number of anilines is 2. The Morgan fingerprint density at radius 3 is 2.31 bits per heavy atom. The van der Waals surface area contributed by atoms with Crippen molar-refractivity contribution in [2.45, 2.75) is 19.0 Å². The van der Waals surface area contributed by atoms with E-state index in [9.17, 15) is 27.2 Å². The lowest BCUT2D eigenvalue weighted by molar-refractivity contribution is -0.137. The number of carbonyl (C=O) groups is 2. The van der Waals surface area contributed by atoms with E-state index in [-0.39, 0.29) is 0 Å². The summed E-state index contributed by atoms with van der Waals surface area (Å²) in [4.78, 5) is 23.6. The minimum Gasteiger partial charge on any atom is -0.366 e. The van der Waals surface area contributed by atoms with Gasteiger partial charge in [-0.15, -0.1) is 0 Å². The van der Waals surface area contributed by atoms with Crippen molar-refractivity contribution in [3.05, 3.63) is 89.3 Å². The van der Waals surface area contributed by atoms with Crippen LogP contribution in [-0.2, 0) is 11.0 Å². The molecule has 0 aromatic heterocycles. The number of halogens is 4. The number of hydrogen-bond acceptors (Lipinski definition) is 2. The van der Waals surface area contributed by atoms with Gasteiger partial charge in [-0.25, -0.2) is 9.18 Å². The Bertz CT molecular complexity index is 1120. The van der Waals surface area contributed by atoms with Crippen LogP contribution in [0.2, 0.25) is 0 Å². The normalized spacial score (nSPS) is 14.0. The fraction of sp³-hybridized carbons (Fsp3) is 0.130. The maximum absolute atomic E-state index is 13.8. The Hall–Kier alpha value is -3.88. The van der Waals surface area contributed by atoms with Gasteiger partial charge in [0.2, 0.25) is 5.91 Å². The number of carbonyl (C=O) groups excluding carboxylic acids is 2. The first-order valence-corrected chi connectivity index (χ1v) is 9.57. The summed E-state index contributed by atoms with van der Waals surface area (Å²) in [7, 11) is 0. The summed E-state index contributed by atoms with van der Waals surface area (Å²) < 4.78 is 52.2. The number of urea groups is 1. The number of benzene rings is 2. The van der Waals surface area contributed by atoms with E-state index >= 15 is 0 Å². The summed E-state index contributed by atoms with van der Waals surface area (Å²) in [6.45, 7) is 0. The summed E-state index contributed by atoms with van der Waals surface area (Å²) in [6.07, 6.45) is 4.23. The molecule has 166 valence electrons. The zero-order chi connectivity index (χ0) is 23.3. The van der Waals surface area contributed by atoms with Crippen molar-refractivity contribution in [3.8, 4) is 0 Å². The molecule has 2 aromatic carbocycles. The lowest BCUT2D eigenvalue weighted by atomic mass is 9.93. The highest BCUT2D eigenvalue weighted by atomic mass is 19.4. The van der Waals surface area contributed by atoms with Gasteiger partial charge in [0.25, 0.3) is 0 Å². The molecule has 32 heavy (non-hydrogen) atoms. The van der Waals surface area contributed by atoms with Crippen molar-refractivity contribution in [1.29, 1.82) is 0 Å². The smallest absolute Gasteiger partial charge is 0.366 e. The van der Waals surface area contributed by atoms with Gasteiger partial charge in [0.05, 0.1) is 11.3 Å². The van der Waals surface area contributed by atoms with Gasteiger partial charge in [-0.05, 0) is 59.9 Å². The van der Waals surface area contributed by atoms with Crippen LogP contribution in [0.5, 0.6) is 0 Å². The molecule has 3 amide bonds. The van der Waals surface area contributed by atoms with Crippen LogP contribution in [0, 0.1) is 5.82 Å². The van der Waals surface area contributed by atoms with Crippen molar-refractivity contribution >= 4 is 28.9 Å². The van der Waals surface area contributed by atoms with Gasteiger partial charge in [0.15, 0.2) is 0 Å². The van der Waals surface area contributed by atoms with Crippen molar-refractivity contribution in [2.75, 3.05) is 10.6 Å². The quantitative estimate of drug-likeness (QED) is 0.411. The number of alkyl halides is 3. The predicted molar refractivity (Wildman–Crippen MR) is 114 cm³/mol. The molecule has 0 heterocycles. The highest BCUT2D eigenvalue weighted by Crippen LogP contribution is 2.32. The third-order valence-corrected chi connectivity index (χ3v) is 4.59. The molecule has 0 saturated heterocycles. The van der Waals surface area contributed by atoms with Gasteiger partial charge in [0.1, 0.15) is 5.82 Å². The van der Waals surface area contributed by atoms with Crippen LogP contribution in [0.4, 0.5) is 33.7 Å². The molecule has 9 heteroatoms. The fourth-order valence-corrected chi connectivity index (χ4v) is 3.10. The second-order valence-electron chi connectivity index (χ2n) is 6.95. The van der Waals surface area contributed by atoms with Gasteiger partial charge in [-0.2, -0.15) is 13.2 Å². The van der Waals surface area contributed by atoms with Crippen LogP contribution in [0.25, 0.3) is 5.57 Å². The number of allylic oxidation sites excluding steroid dienone is 5. The zero-order valence-electron chi connectivity index (χ0n) is 16.7. The van der Waals surface area contributed by atoms with Crippen molar-refractivity contribution < 1.29 is 27.2 Å². The molecule has 0 saturated carbocycles. The van der Waals surface area contributed by atoms with Gasteiger partial charge >= 0.3 is 12.2 Å². The zero-order valence-corrected chi connectivity index (χ0v) is 16.7. The predicted octanol–water partition coefficient (Wildman–Crippen LogP) is 5.63. The summed E-state index contributed by atoms with van der Waals surface area (Å²) in [5, 5.41) is 4.50. The molecule has 0 spiro atoms. The number of hydrogen-bond donors (Lipinski definition) is 3. The van der Waals surface area contributed by atoms with Crippen molar-refractivity contribution in [1.82, 2.24) is 0 Å². The lowest BCUT2D eigenvalue weighted by Gasteiger charge is -2.14. The molecule has 0 aliphatic heterocycles. The third kappa shape index (κ3) is 5.84. The van der Waals surface area contributed by atoms with E-state index in [1.165, 1.54) is 6.08 Å². The highest BCUT2D eigenvalue weighted by molar-refractivity contribution is 6.01.